The lowest BCUT2D eigenvalue weighted by Crippen LogP contribution is -2.35. The molecule has 3 aromatic rings. The Labute approximate surface area is 165 Å². The van der Waals surface area contributed by atoms with Gasteiger partial charge < -0.3 is 10.6 Å². The second-order valence-corrected chi connectivity index (χ2v) is 6.97. The van der Waals surface area contributed by atoms with E-state index in [-0.39, 0.29) is 24.1 Å². The number of aromatic nitrogens is 2. The zero-order chi connectivity index (χ0) is 19.8. The largest absolute Gasteiger partial charge is 0.324 e. The Hall–Kier alpha value is -3.19. The van der Waals surface area contributed by atoms with E-state index in [4.69, 9.17) is 11.6 Å². The Bertz CT molecular complexity index is 1060. The number of hydrogen-bond donors (Lipinski definition) is 2. The second-order valence-electron chi connectivity index (χ2n) is 6.54. The first-order chi connectivity index (χ1) is 13.4. The monoisotopic (exact) mass is 398 g/mol. The van der Waals surface area contributed by atoms with Gasteiger partial charge in [0.05, 0.1) is 12.1 Å². The molecule has 0 bridgehead atoms. The number of fused-ring (bicyclic) bond motifs is 1. The number of halogens is 2. The van der Waals surface area contributed by atoms with Crippen molar-refractivity contribution in [1.29, 1.82) is 0 Å². The Morgan fingerprint density at radius 2 is 1.89 bits per heavy atom. The molecule has 1 aromatic heterocycles. The van der Waals surface area contributed by atoms with E-state index in [9.17, 15) is 14.0 Å². The van der Waals surface area contributed by atoms with Crippen LogP contribution in [0.25, 0.3) is 11.3 Å². The van der Waals surface area contributed by atoms with Gasteiger partial charge >= 0.3 is 0 Å². The number of hydrogen-bond acceptors (Lipinski definition) is 3. The van der Waals surface area contributed by atoms with E-state index in [1.807, 2.05) is 0 Å². The van der Waals surface area contributed by atoms with Crippen molar-refractivity contribution in [3.05, 3.63) is 64.9 Å². The first kappa shape index (κ1) is 18.2. The van der Waals surface area contributed by atoms with Gasteiger partial charge in [-0.3, -0.25) is 9.59 Å². The van der Waals surface area contributed by atoms with E-state index >= 15 is 0 Å². The maximum atomic E-state index is 13.2. The molecule has 0 radical (unpaired) electrons. The Kier molecular flexibility index (Phi) is 4.60. The molecule has 8 heteroatoms. The quantitative estimate of drug-likeness (QED) is 0.695. The van der Waals surface area contributed by atoms with E-state index < -0.39 is 6.04 Å². The zero-order valence-electron chi connectivity index (χ0n) is 14.9. The second kappa shape index (κ2) is 7.09. The molecule has 0 saturated heterocycles. The van der Waals surface area contributed by atoms with Gasteiger partial charge in [-0.2, -0.15) is 5.10 Å². The highest BCUT2D eigenvalue weighted by Crippen LogP contribution is 2.34. The van der Waals surface area contributed by atoms with Crippen LogP contribution >= 0.6 is 11.6 Å². The van der Waals surface area contributed by atoms with Crippen molar-refractivity contribution >= 4 is 34.9 Å². The lowest BCUT2D eigenvalue weighted by atomic mass is 10.1. The molecule has 1 aliphatic heterocycles. The average Bonchev–Trinajstić information content (AvgIpc) is 3.00. The summed E-state index contributed by atoms with van der Waals surface area (Å²) in [4.78, 5) is 25.0. The van der Waals surface area contributed by atoms with Crippen molar-refractivity contribution in [3.63, 3.8) is 0 Å². The molecule has 0 spiro atoms. The predicted octanol–water partition coefficient (Wildman–Crippen LogP) is 4.17. The van der Waals surface area contributed by atoms with Crippen molar-refractivity contribution in [2.75, 3.05) is 10.6 Å². The predicted molar refractivity (Wildman–Crippen MR) is 105 cm³/mol. The summed E-state index contributed by atoms with van der Waals surface area (Å²) < 4.78 is 14.8. The van der Waals surface area contributed by atoms with E-state index in [2.05, 4.69) is 15.7 Å². The summed E-state index contributed by atoms with van der Waals surface area (Å²) in [5.41, 5.74) is 2.57. The molecule has 28 heavy (non-hydrogen) atoms. The molecule has 6 nitrogen and oxygen atoms in total. The molecule has 0 aliphatic carbocycles. The van der Waals surface area contributed by atoms with Crippen LogP contribution in [0.2, 0.25) is 5.02 Å². The number of nitrogens with zero attached hydrogens (tertiary/aromatic N) is 2. The molecule has 0 fully saturated rings. The van der Waals surface area contributed by atoms with Crippen LogP contribution in [0.1, 0.15) is 18.0 Å². The van der Waals surface area contributed by atoms with Crippen LogP contribution < -0.4 is 10.6 Å². The molecule has 1 aliphatic rings. The minimum atomic E-state index is -0.799. The first-order valence-corrected chi connectivity index (χ1v) is 9.01. The maximum absolute atomic E-state index is 13.2. The van der Waals surface area contributed by atoms with E-state index in [1.165, 1.54) is 16.8 Å². The van der Waals surface area contributed by atoms with Crippen LogP contribution in [0.3, 0.4) is 0 Å². The highest BCUT2D eigenvalue weighted by molar-refractivity contribution is 6.30. The number of benzene rings is 2. The fraction of sp³-hybridized carbons (Fsp3) is 0.150. The van der Waals surface area contributed by atoms with Crippen molar-refractivity contribution in [1.82, 2.24) is 9.78 Å². The number of anilines is 2. The fourth-order valence-corrected chi connectivity index (χ4v) is 3.31. The average molecular weight is 399 g/mol. The van der Waals surface area contributed by atoms with Crippen LogP contribution in [0, 0.1) is 12.7 Å². The number of amides is 2. The zero-order valence-corrected chi connectivity index (χ0v) is 15.6. The SMILES string of the molecule is Cc1c(-c2ccc(F)cc2)nn2c1NC(=O)C[C@H]2C(=O)Nc1ccc(Cl)cc1. The maximum Gasteiger partial charge on any atom is 0.249 e. The molecule has 2 amide bonds. The molecule has 2 heterocycles. The molecule has 1 atom stereocenters. The molecule has 0 saturated carbocycles. The summed E-state index contributed by atoms with van der Waals surface area (Å²) in [6, 6.07) is 11.8. The van der Waals surface area contributed by atoms with Crippen LogP contribution in [-0.4, -0.2) is 21.6 Å². The van der Waals surface area contributed by atoms with Crippen molar-refractivity contribution in [2.24, 2.45) is 0 Å². The lowest BCUT2D eigenvalue weighted by Gasteiger charge is -2.24. The molecule has 142 valence electrons. The first-order valence-electron chi connectivity index (χ1n) is 8.63. The van der Waals surface area contributed by atoms with Gasteiger partial charge in [0.2, 0.25) is 11.8 Å². The van der Waals surface area contributed by atoms with Gasteiger partial charge in [-0.1, -0.05) is 11.6 Å². The summed E-state index contributed by atoms with van der Waals surface area (Å²) >= 11 is 5.87. The minimum absolute atomic E-state index is 0.0313. The van der Waals surface area contributed by atoms with Gasteiger partial charge in [0, 0.05) is 21.8 Å². The highest BCUT2D eigenvalue weighted by atomic mass is 35.5. The molecule has 2 aromatic carbocycles. The Morgan fingerprint density at radius 3 is 2.57 bits per heavy atom. The van der Waals surface area contributed by atoms with Crippen LogP contribution in [0.4, 0.5) is 15.9 Å². The summed E-state index contributed by atoms with van der Waals surface area (Å²) in [6.07, 6.45) is -0.0313. The minimum Gasteiger partial charge on any atom is -0.324 e. The summed E-state index contributed by atoms with van der Waals surface area (Å²) in [7, 11) is 0. The smallest absolute Gasteiger partial charge is 0.249 e. The van der Waals surface area contributed by atoms with Gasteiger partial charge in [-0.25, -0.2) is 9.07 Å². The number of nitrogens with one attached hydrogen (secondary N) is 2. The lowest BCUT2D eigenvalue weighted by molar-refractivity contribution is -0.125. The molecule has 0 unspecified atom stereocenters. The molecular formula is C20H16ClFN4O2. The number of carbonyl (C=O) groups excluding carboxylic acids is 2. The third-order valence-electron chi connectivity index (χ3n) is 4.61. The van der Waals surface area contributed by atoms with Crippen molar-refractivity contribution in [3.8, 4) is 11.3 Å². The Balaban J connectivity index is 1.69. The standard InChI is InChI=1S/C20H16ClFN4O2/c1-11-18(12-2-6-14(22)7-3-12)25-26-16(10-17(27)24-19(11)26)20(28)23-15-8-4-13(21)5-9-15/h2-9,16H,10H2,1H3,(H,23,28)(H,24,27)/t16-/m0/s1. The number of carbonyl (C=O) groups is 2. The van der Waals surface area contributed by atoms with E-state index in [0.717, 1.165) is 0 Å². The summed E-state index contributed by atoms with van der Waals surface area (Å²) in [6.45, 7) is 1.80. The summed E-state index contributed by atoms with van der Waals surface area (Å²) in [5, 5.41) is 10.7. The summed E-state index contributed by atoms with van der Waals surface area (Å²) in [5.74, 6) is -0.505. The fourth-order valence-electron chi connectivity index (χ4n) is 3.18. The number of rotatable bonds is 3. The molecule has 2 N–H and O–H groups in total. The normalized spacial score (nSPS) is 15.7. The van der Waals surface area contributed by atoms with Gasteiger partial charge in [0.25, 0.3) is 0 Å². The van der Waals surface area contributed by atoms with E-state index in [0.29, 0.717) is 33.3 Å². The van der Waals surface area contributed by atoms with Crippen molar-refractivity contribution < 1.29 is 14.0 Å². The third-order valence-corrected chi connectivity index (χ3v) is 4.86. The highest BCUT2D eigenvalue weighted by Gasteiger charge is 2.34. The van der Waals surface area contributed by atoms with Gasteiger partial charge in [-0.05, 0) is 55.5 Å². The molecule has 4 rings (SSSR count). The Morgan fingerprint density at radius 1 is 1.21 bits per heavy atom. The third kappa shape index (κ3) is 3.36. The van der Waals surface area contributed by atoms with Crippen LogP contribution in [0.5, 0.6) is 0 Å². The van der Waals surface area contributed by atoms with Crippen molar-refractivity contribution in [2.45, 2.75) is 19.4 Å². The van der Waals surface area contributed by atoms with Crippen LogP contribution in [0.15, 0.2) is 48.5 Å². The van der Waals surface area contributed by atoms with E-state index in [1.54, 1.807) is 43.3 Å². The van der Waals surface area contributed by atoms with Gasteiger partial charge in [0.1, 0.15) is 17.7 Å². The van der Waals surface area contributed by atoms with Gasteiger partial charge in [-0.15, -0.1) is 0 Å². The van der Waals surface area contributed by atoms with Gasteiger partial charge in [0.15, 0.2) is 0 Å². The van der Waals surface area contributed by atoms with Crippen LogP contribution in [-0.2, 0) is 9.59 Å². The topological polar surface area (TPSA) is 76.0 Å². The molecular weight excluding hydrogens is 383 g/mol.